The van der Waals surface area contributed by atoms with Crippen molar-refractivity contribution in [2.24, 2.45) is 11.1 Å². The van der Waals surface area contributed by atoms with Crippen LogP contribution in [-0.2, 0) is 4.79 Å². The van der Waals surface area contributed by atoms with E-state index >= 15 is 0 Å². The Labute approximate surface area is 98.6 Å². The zero-order valence-electron chi connectivity index (χ0n) is 10.8. The third-order valence-corrected chi connectivity index (χ3v) is 3.28. The van der Waals surface area contributed by atoms with E-state index in [1.807, 2.05) is 13.8 Å². The molecule has 1 fully saturated rings. The van der Waals surface area contributed by atoms with Gasteiger partial charge in [0.25, 0.3) is 0 Å². The summed E-state index contributed by atoms with van der Waals surface area (Å²) in [6.07, 6.45) is 2.63. The number of amides is 1. The van der Waals surface area contributed by atoms with E-state index in [0.29, 0.717) is 6.54 Å². The molecule has 0 aliphatic heterocycles. The highest BCUT2D eigenvalue weighted by molar-refractivity contribution is 5.81. The molecule has 1 rings (SSSR count). The molecule has 1 saturated carbocycles. The molecule has 3 N–H and O–H groups in total. The van der Waals surface area contributed by atoms with Gasteiger partial charge in [-0.3, -0.25) is 9.69 Å². The summed E-state index contributed by atoms with van der Waals surface area (Å²) in [5.74, 6) is 0.0573. The number of carbonyl (C=O) groups excluding carboxylic acids is 1. The molecule has 4 nitrogen and oxygen atoms in total. The van der Waals surface area contributed by atoms with Gasteiger partial charge in [0, 0.05) is 25.7 Å². The van der Waals surface area contributed by atoms with Gasteiger partial charge < -0.3 is 11.1 Å². The number of carbonyl (C=O) groups is 1. The molecule has 0 saturated heterocycles. The third kappa shape index (κ3) is 3.76. The monoisotopic (exact) mass is 227 g/mol. The maximum Gasteiger partial charge on any atom is 0.226 e. The number of nitrogens with two attached hydrogens (primary N) is 1. The van der Waals surface area contributed by atoms with Gasteiger partial charge in [-0.1, -0.05) is 6.92 Å². The quantitative estimate of drug-likeness (QED) is 0.668. The highest BCUT2D eigenvalue weighted by atomic mass is 16.2. The van der Waals surface area contributed by atoms with Crippen LogP contribution in [0.25, 0.3) is 0 Å². The zero-order valence-corrected chi connectivity index (χ0v) is 10.8. The molecule has 0 bridgehead atoms. The Morgan fingerprint density at radius 1 is 1.50 bits per heavy atom. The summed E-state index contributed by atoms with van der Waals surface area (Å²) >= 11 is 0. The van der Waals surface area contributed by atoms with Crippen molar-refractivity contribution < 1.29 is 4.79 Å². The van der Waals surface area contributed by atoms with Gasteiger partial charge >= 0.3 is 0 Å². The first-order chi connectivity index (χ1) is 7.51. The zero-order chi connectivity index (χ0) is 12.2. The van der Waals surface area contributed by atoms with Gasteiger partial charge in [0.1, 0.15) is 0 Å². The maximum atomic E-state index is 11.7. The van der Waals surface area contributed by atoms with Crippen LogP contribution < -0.4 is 11.1 Å². The van der Waals surface area contributed by atoms with Crippen molar-refractivity contribution in [3.63, 3.8) is 0 Å². The molecule has 16 heavy (non-hydrogen) atoms. The van der Waals surface area contributed by atoms with E-state index in [0.717, 1.165) is 25.7 Å². The van der Waals surface area contributed by atoms with Crippen molar-refractivity contribution in [3.05, 3.63) is 0 Å². The smallest absolute Gasteiger partial charge is 0.226 e. The first kappa shape index (κ1) is 13.5. The summed E-state index contributed by atoms with van der Waals surface area (Å²) in [6, 6.07) is 0.768. The second kappa shape index (κ2) is 5.64. The highest BCUT2D eigenvalue weighted by Gasteiger charge is 2.28. The van der Waals surface area contributed by atoms with E-state index < -0.39 is 5.41 Å². The van der Waals surface area contributed by atoms with E-state index in [9.17, 15) is 4.79 Å². The summed E-state index contributed by atoms with van der Waals surface area (Å²) in [6.45, 7) is 9.06. The number of nitrogens with zero attached hydrogens (tertiary/aromatic N) is 1. The standard InChI is InChI=1S/C12H25N3O/c1-4-15(10-5-6-10)8-7-14-11(16)12(2,3)9-13/h10H,4-9,13H2,1-3H3,(H,14,16). The molecule has 1 amide bonds. The second-order valence-electron chi connectivity index (χ2n) is 5.20. The average molecular weight is 227 g/mol. The fourth-order valence-corrected chi connectivity index (χ4v) is 1.68. The van der Waals surface area contributed by atoms with Gasteiger partial charge in [-0.15, -0.1) is 0 Å². The molecule has 94 valence electrons. The molecule has 0 spiro atoms. The van der Waals surface area contributed by atoms with Crippen LogP contribution in [0, 0.1) is 5.41 Å². The summed E-state index contributed by atoms with van der Waals surface area (Å²) in [7, 11) is 0. The highest BCUT2D eigenvalue weighted by Crippen LogP contribution is 2.25. The fraction of sp³-hybridized carbons (Fsp3) is 0.917. The normalized spacial score (nSPS) is 16.6. The minimum atomic E-state index is -0.448. The summed E-state index contributed by atoms with van der Waals surface area (Å²) < 4.78 is 0. The summed E-state index contributed by atoms with van der Waals surface area (Å²) in [4.78, 5) is 14.2. The van der Waals surface area contributed by atoms with E-state index in [2.05, 4.69) is 17.1 Å². The minimum absolute atomic E-state index is 0.0573. The van der Waals surface area contributed by atoms with Gasteiger partial charge in [-0.05, 0) is 33.2 Å². The molecule has 0 aromatic heterocycles. The van der Waals surface area contributed by atoms with Gasteiger partial charge in [0.05, 0.1) is 5.41 Å². The van der Waals surface area contributed by atoms with Crippen molar-refractivity contribution in [1.29, 1.82) is 0 Å². The molecule has 0 aromatic rings. The summed E-state index contributed by atoms with van der Waals surface area (Å²) in [5, 5.41) is 2.96. The molecule has 0 atom stereocenters. The Balaban J connectivity index is 2.21. The van der Waals surface area contributed by atoms with E-state index in [1.54, 1.807) is 0 Å². The van der Waals surface area contributed by atoms with Crippen LogP contribution in [0.3, 0.4) is 0 Å². The molecule has 1 aliphatic carbocycles. The number of likely N-dealkylation sites (N-methyl/N-ethyl adjacent to an activating group) is 1. The number of nitrogens with one attached hydrogen (secondary N) is 1. The predicted octanol–water partition coefficient (Wildman–Crippen LogP) is 0.572. The largest absolute Gasteiger partial charge is 0.354 e. The molecule has 0 unspecified atom stereocenters. The van der Waals surface area contributed by atoms with Crippen molar-refractivity contribution in [2.45, 2.75) is 39.7 Å². The number of hydrogen-bond donors (Lipinski definition) is 2. The molecule has 0 aromatic carbocycles. The maximum absolute atomic E-state index is 11.7. The topological polar surface area (TPSA) is 58.4 Å². The van der Waals surface area contributed by atoms with Crippen LogP contribution in [0.15, 0.2) is 0 Å². The predicted molar refractivity (Wildman–Crippen MR) is 66.1 cm³/mol. The average Bonchev–Trinajstić information content (AvgIpc) is 3.08. The molecular weight excluding hydrogens is 202 g/mol. The molecule has 4 heteroatoms. The second-order valence-corrected chi connectivity index (χ2v) is 5.20. The summed E-state index contributed by atoms with van der Waals surface area (Å²) in [5.41, 5.74) is 5.10. The molecular formula is C12H25N3O. The van der Waals surface area contributed by atoms with Gasteiger partial charge in [-0.25, -0.2) is 0 Å². The van der Waals surface area contributed by atoms with Crippen LogP contribution in [0.5, 0.6) is 0 Å². The van der Waals surface area contributed by atoms with Crippen LogP contribution in [-0.4, -0.2) is 43.0 Å². The van der Waals surface area contributed by atoms with Crippen LogP contribution in [0.1, 0.15) is 33.6 Å². The van der Waals surface area contributed by atoms with Crippen molar-refractivity contribution >= 4 is 5.91 Å². The van der Waals surface area contributed by atoms with E-state index in [-0.39, 0.29) is 5.91 Å². The number of rotatable bonds is 7. The van der Waals surface area contributed by atoms with Gasteiger partial charge in [-0.2, -0.15) is 0 Å². The van der Waals surface area contributed by atoms with Gasteiger partial charge in [0.15, 0.2) is 0 Å². The lowest BCUT2D eigenvalue weighted by molar-refractivity contribution is -0.128. The van der Waals surface area contributed by atoms with Crippen LogP contribution >= 0.6 is 0 Å². The Kier molecular flexibility index (Phi) is 4.74. The lowest BCUT2D eigenvalue weighted by atomic mass is 9.93. The Hall–Kier alpha value is -0.610. The van der Waals surface area contributed by atoms with Crippen molar-refractivity contribution in [2.75, 3.05) is 26.2 Å². The first-order valence-corrected chi connectivity index (χ1v) is 6.23. The van der Waals surface area contributed by atoms with Crippen molar-refractivity contribution in [3.8, 4) is 0 Å². The SMILES string of the molecule is CCN(CCNC(=O)C(C)(C)CN)C1CC1. The van der Waals surface area contributed by atoms with Crippen LogP contribution in [0.4, 0.5) is 0 Å². The third-order valence-electron chi connectivity index (χ3n) is 3.28. The first-order valence-electron chi connectivity index (χ1n) is 6.23. The number of hydrogen-bond acceptors (Lipinski definition) is 3. The van der Waals surface area contributed by atoms with Crippen molar-refractivity contribution in [1.82, 2.24) is 10.2 Å². The Morgan fingerprint density at radius 3 is 2.56 bits per heavy atom. The molecule has 1 aliphatic rings. The molecule has 0 heterocycles. The molecule has 0 radical (unpaired) electrons. The lowest BCUT2D eigenvalue weighted by Crippen LogP contribution is -2.44. The van der Waals surface area contributed by atoms with E-state index in [1.165, 1.54) is 12.8 Å². The fourth-order valence-electron chi connectivity index (χ4n) is 1.68. The Bertz CT molecular complexity index is 236. The van der Waals surface area contributed by atoms with E-state index in [4.69, 9.17) is 5.73 Å². The Morgan fingerprint density at radius 2 is 2.12 bits per heavy atom. The minimum Gasteiger partial charge on any atom is -0.354 e. The lowest BCUT2D eigenvalue weighted by Gasteiger charge is -2.24. The van der Waals surface area contributed by atoms with Crippen LogP contribution in [0.2, 0.25) is 0 Å². The van der Waals surface area contributed by atoms with Gasteiger partial charge in [0.2, 0.25) is 5.91 Å².